The van der Waals surface area contributed by atoms with Crippen LogP contribution in [0.1, 0.15) is 227 Å². The van der Waals surface area contributed by atoms with Gasteiger partial charge in [0.1, 0.15) is 6.04 Å². The Morgan fingerprint density at radius 2 is 0.950 bits per heavy atom. The van der Waals surface area contributed by atoms with E-state index in [0.29, 0.717) is 54.4 Å². The number of piperidine rings is 1. The minimum Gasteiger partial charge on any atom is -0.384 e. The number of fused-ring (bicyclic) bond motifs is 8. The quantitative estimate of drug-likeness (QED) is 0.0653. The van der Waals surface area contributed by atoms with Crippen LogP contribution in [0.5, 0.6) is 0 Å². The second-order valence-electron chi connectivity index (χ2n) is 34.9. The SMILES string of the molecule is C=C1NC(C)(C)CCC1C(C)C.CC(C)C1C(=O)Nc2ccccc21.CC(C)C1C(=O)Nc2ccccc21.CC(C)C1CC(=O)Nc2ccccc21.CC(C)C1Nc2ccccc2NC1=O.CC(C)N1Cc2ccccc2NC1=O.CC(C)c1[nH]nc2ccccc12.CC(C)c1cc2ccccc2[nH]c1=O.CC(C)n1c(=O)[nH]c2ccccc21. The normalized spacial score (nSPS) is 17.6. The zero-order chi connectivity index (χ0) is 86.7. The summed E-state index contributed by atoms with van der Waals surface area (Å²) in [6.07, 6.45) is 3.17. The maximum Gasteiger partial charge on any atom is 0.326 e. The van der Waals surface area contributed by atoms with Crippen molar-refractivity contribution in [3.05, 3.63) is 267 Å². The Labute approximate surface area is 703 Å². The fourth-order valence-corrected chi connectivity index (χ4v) is 15.7. The molecule has 8 aromatic carbocycles. The number of amides is 6. The smallest absolute Gasteiger partial charge is 0.326 e. The predicted molar refractivity (Wildman–Crippen MR) is 492 cm³/mol. The van der Waals surface area contributed by atoms with Gasteiger partial charge in [-0.15, -0.1) is 0 Å². The van der Waals surface area contributed by atoms with Gasteiger partial charge in [-0.3, -0.25) is 33.6 Å². The summed E-state index contributed by atoms with van der Waals surface area (Å²) in [5.74, 6) is 4.64. The summed E-state index contributed by atoms with van der Waals surface area (Å²) in [5, 5.41) is 30.8. The summed E-state index contributed by atoms with van der Waals surface area (Å²) >= 11 is 0. The lowest BCUT2D eigenvalue weighted by atomic mass is 9.80. The van der Waals surface area contributed by atoms with Gasteiger partial charge in [-0.1, -0.05) is 237 Å². The highest BCUT2D eigenvalue weighted by molar-refractivity contribution is 6.05. The average Bonchev–Trinajstić information content (AvgIpc) is 1.66. The second kappa shape index (κ2) is 41.5. The highest BCUT2D eigenvalue weighted by Crippen LogP contribution is 2.40. The van der Waals surface area contributed by atoms with Crippen molar-refractivity contribution in [2.45, 2.75) is 218 Å². The Morgan fingerprint density at radius 1 is 0.454 bits per heavy atom. The van der Waals surface area contributed by atoms with E-state index in [0.717, 1.165) is 84.2 Å². The van der Waals surface area contributed by atoms with E-state index in [9.17, 15) is 33.6 Å². The predicted octanol–water partition coefficient (Wildman–Crippen LogP) is 22.2. The van der Waals surface area contributed by atoms with E-state index in [1.165, 1.54) is 40.7 Å². The van der Waals surface area contributed by atoms with E-state index in [2.05, 4.69) is 159 Å². The van der Waals surface area contributed by atoms with Crippen molar-refractivity contribution < 1.29 is 24.0 Å². The molecule has 11 aromatic rings. The second-order valence-corrected chi connectivity index (χ2v) is 34.9. The van der Waals surface area contributed by atoms with Crippen LogP contribution in [-0.2, 0) is 25.7 Å². The number of hydrogen-bond acceptors (Lipinski definition) is 10. The molecule has 10 N–H and O–H groups in total. The number of urea groups is 1. The lowest BCUT2D eigenvalue weighted by molar-refractivity contribution is -0.118. The lowest BCUT2D eigenvalue weighted by Gasteiger charge is -2.40. The third kappa shape index (κ3) is 23.8. The standard InChI is InChI=1S/C12H15NO.C12H13NO.2C11H14N2O.2C11H13NO.C11H21N.C10H12N2O.C10H12N2/c1-8(2)10-7-12(14)13-11-6-4-3-5-9(10)11;1-8(2)10-7-9-5-3-4-6-11(9)13-12(10)14;1-8(2)13-7-9-5-3-4-6-10(9)12-11(13)14;1-7(2)10-11(14)13-9-6-4-3-5-8(9)12-10;2*1-7(2)10-8-5-3-4-6-9(8)12-11(10)13;1-8(2)10-6-7-11(4,5)12-9(10)3;1-7(2)12-9-6-4-3-5-8(9)11-10(12)13;1-7(2)10-8-5-3-4-6-9(8)11-12-10/h3-6,8,10H,7H2,1-2H3,(H,13,14);3-8H,1-2H3,(H,13,14);3-6,8H,7H2,1-2H3,(H,12,14);3-7,10,12H,1-2H3,(H,13,14);2*3-7,10H,1-2H3,(H,12,13);8,10,12H,3,6-7H2,1-2,4-5H3;3-7H,1-2H3,(H,11,13);3-7H,1-2H3,(H,11,12). The van der Waals surface area contributed by atoms with E-state index in [4.69, 9.17) is 0 Å². The Bertz CT molecular complexity index is 5260. The van der Waals surface area contributed by atoms with Crippen molar-refractivity contribution in [1.82, 2.24) is 34.9 Å². The van der Waals surface area contributed by atoms with E-state index in [1.807, 2.05) is 248 Å². The summed E-state index contributed by atoms with van der Waals surface area (Å²) in [5.41, 5.74) is 17.9. The van der Waals surface area contributed by atoms with Gasteiger partial charge in [-0.25, -0.2) is 9.59 Å². The number of pyridine rings is 1. The molecule has 9 heterocycles. The Hall–Kier alpha value is -11.8. The molecule has 6 aliphatic heterocycles. The molecule has 0 aliphatic carbocycles. The van der Waals surface area contributed by atoms with Gasteiger partial charge in [-0.05, 0) is 196 Å². The Morgan fingerprint density at radius 3 is 1.50 bits per heavy atom. The van der Waals surface area contributed by atoms with Crippen molar-refractivity contribution in [3.8, 4) is 0 Å². The summed E-state index contributed by atoms with van der Waals surface area (Å²) in [6.45, 7) is 47.0. The topological polar surface area (TPSA) is 272 Å². The summed E-state index contributed by atoms with van der Waals surface area (Å²) < 4.78 is 1.76. The Kier molecular flexibility index (Phi) is 31.8. The van der Waals surface area contributed by atoms with Crippen LogP contribution in [0.25, 0.3) is 32.8 Å². The highest BCUT2D eigenvalue weighted by Gasteiger charge is 2.35. The van der Waals surface area contributed by atoms with Gasteiger partial charge in [0.2, 0.25) is 23.6 Å². The van der Waals surface area contributed by atoms with E-state index >= 15 is 0 Å². The van der Waals surface area contributed by atoms with Crippen LogP contribution < -0.4 is 48.5 Å². The van der Waals surface area contributed by atoms with Gasteiger partial charge in [0.25, 0.3) is 5.56 Å². The first-order valence-corrected chi connectivity index (χ1v) is 42.3. The molecule has 0 bridgehead atoms. The number of para-hydroxylation sites is 10. The molecule has 20 heteroatoms. The van der Waals surface area contributed by atoms with Gasteiger partial charge >= 0.3 is 11.7 Å². The number of hydrogen-bond donors (Lipinski definition) is 10. The molecule has 630 valence electrons. The average molecular weight is 1610 g/mol. The molecule has 20 nitrogen and oxygen atoms in total. The lowest BCUT2D eigenvalue weighted by Crippen LogP contribution is -2.45. The number of imidazole rings is 1. The summed E-state index contributed by atoms with van der Waals surface area (Å²) in [4.78, 5) is 88.4. The molecule has 6 amide bonds. The van der Waals surface area contributed by atoms with Crippen molar-refractivity contribution in [2.24, 2.45) is 35.5 Å². The minimum atomic E-state index is -0.120. The number of rotatable bonds is 9. The minimum absolute atomic E-state index is 0.00120. The number of H-pyrrole nitrogens is 3. The van der Waals surface area contributed by atoms with Gasteiger partial charge in [0.15, 0.2) is 0 Å². The van der Waals surface area contributed by atoms with Crippen molar-refractivity contribution in [1.29, 1.82) is 0 Å². The number of anilines is 6. The van der Waals surface area contributed by atoms with Crippen LogP contribution in [0.15, 0.2) is 222 Å². The summed E-state index contributed by atoms with van der Waals surface area (Å²) in [7, 11) is 0. The number of aromatic nitrogens is 5. The molecule has 0 spiro atoms. The fourth-order valence-electron chi connectivity index (χ4n) is 15.7. The highest BCUT2D eigenvalue weighted by atomic mass is 16.2. The van der Waals surface area contributed by atoms with Crippen molar-refractivity contribution >= 4 is 96.6 Å². The van der Waals surface area contributed by atoms with Crippen LogP contribution in [0.2, 0.25) is 0 Å². The molecular formula is C99H127N13O7. The molecule has 0 saturated carbocycles. The zero-order valence-electron chi connectivity index (χ0n) is 73.4. The molecule has 0 radical (unpaired) electrons. The third-order valence-electron chi connectivity index (χ3n) is 22.2. The van der Waals surface area contributed by atoms with Crippen LogP contribution in [-0.4, -0.2) is 76.9 Å². The molecule has 17 rings (SSSR count). The largest absolute Gasteiger partial charge is 0.384 e. The molecule has 5 atom stereocenters. The number of allylic oxidation sites excluding steroid dienone is 1. The number of carbonyl (C=O) groups is 5. The zero-order valence-corrected chi connectivity index (χ0v) is 73.4. The molecule has 5 unspecified atom stereocenters. The first kappa shape index (κ1) is 91.1. The maximum atomic E-state index is 11.6. The van der Waals surface area contributed by atoms with Gasteiger partial charge < -0.3 is 52.1 Å². The van der Waals surface area contributed by atoms with Gasteiger partial charge in [-0.2, -0.15) is 5.10 Å². The van der Waals surface area contributed by atoms with Crippen LogP contribution >= 0.6 is 0 Å². The van der Waals surface area contributed by atoms with Crippen LogP contribution in [0, 0.1) is 35.5 Å². The molecule has 1 fully saturated rings. The summed E-state index contributed by atoms with van der Waals surface area (Å²) in [6, 6.07) is 65.6. The van der Waals surface area contributed by atoms with Crippen molar-refractivity contribution in [2.75, 3.05) is 31.9 Å². The number of carbonyl (C=O) groups excluding carboxylic acids is 5. The van der Waals surface area contributed by atoms with Crippen LogP contribution in [0.3, 0.4) is 0 Å². The van der Waals surface area contributed by atoms with Gasteiger partial charge in [0, 0.05) is 87.1 Å². The molecule has 3 aromatic heterocycles. The van der Waals surface area contributed by atoms with E-state index in [-0.39, 0.29) is 82.3 Å². The maximum absolute atomic E-state index is 11.6. The molecule has 1 saturated heterocycles. The van der Waals surface area contributed by atoms with Crippen molar-refractivity contribution in [3.63, 3.8) is 0 Å². The molecular weight excluding hydrogens is 1480 g/mol. The molecule has 6 aliphatic rings. The first-order chi connectivity index (χ1) is 56.5. The number of benzene rings is 8. The number of aromatic amines is 3. The molecule has 119 heavy (non-hydrogen) atoms. The third-order valence-corrected chi connectivity index (χ3v) is 22.2. The fraction of sp³-hybridized carbons (Fsp3) is 0.394. The van der Waals surface area contributed by atoms with Crippen LogP contribution in [0.4, 0.5) is 38.9 Å². The van der Waals surface area contributed by atoms with E-state index in [1.54, 1.807) is 4.57 Å². The van der Waals surface area contributed by atoms with E-state index < -0.39 is 0 Å². The van der Waals surface area contributed by atoms with Gasteiger partial charge in [0.05, 0.1) is 39.8 Å². The Balaban J connectivity index is 0.000000153. The number of nitrogens with one attached hydrogen (secondary N) is 10. The first-order valence-electron chi connectivity index (χ1n) is 42.3. The number of nitrogens with zero attached hydrogens (tertiary/aromatic N) is 3. The monoisotopic (exact) mass is 1610 g/mol.